The summed E-state index contributed by atoms with van der Waals surface area (Å²) >= 11 is 0. The van der Waals surface area contributed by atoms with Crippen molar-refractivity contribution in [1.82, 2.24) is 5.32 Å². The Hall–Kier alpha value is -1.75. The molecule has 0 aliphatic heterocycles. The van der Waals surface area contributed by atoms with Crippen molar-refractivity contribution in [3.05, 3.63) is 24.3 Å². The molecule has 2 aliphatic carbocycles. The van der Waals surface area contributed by atoms with Gasteiger partial charge in [0.1, 0.15) is 23.1 Å². The number of rotatable bonds is 6. The van der Waals surface area contributed by atoms with Crippen LogP contribution in [-0.4, -0.2) is 35.9 Å². The zero-order valence-corrected chi connectivity index (χ0v) is 12.2. The molecule has 0 aromatic heterocycles. The van der Waals surface area contributed by atoms with Gasteiger partial charge in [0.05, 0.1) is 7.11 Å². The van der Waals surface area contributed by atoms with E-state index in [2.05, 4.69) is 5.32 Å². The summed E-state index contributed by atoms with van der Waals surface area (Å²) in [7, 11) is 1.62. The quantitative estimate of drug-likeness (QED) is 0.841. The minimum atomic E-state index is -0.807. The zero-order chi connectivity index (χ0) is 14.9. The lowest BCUT2D eigenvalue weighted by atomic mass is 9.97. The summed E-state index contributed by atoms with van der Waals surface area (Å²) in [6.45, 7) is 0. The summed E-state index contributed by atoms with van der Waals surface area (Å²) in [5.74, 6) is 0.785. The lowest BCUT2D eigenvalue weighted by Crippen LogP contribution is -2.51. The molecule has 21 heavy (non-hydrogen) atoms. The third-order valence-corrected chi connectivity index (χ3v) is 4.30. The first kappa shape index (κ1) is 14.2. The highest BCUT2D eigenvalue weighted by Crippen LogP contribution is 2.36. The lowest BCUT2D eigenvalue weighted by molar-refractivity contribution is -0.145. The molecular weight excluding hydrogens is 270 g/mol. The van der Waals surface area contributed by atoms with Gasteiger partial charge in [0, 0.05) is 12.5 Å². The van der Waals surface area contributed by atoms with Crippen LogP contribution in [0, 0.1) is 0 Å². The average molecular weight is 291 g/mol. The molecule has 0 saturated heterocycles. The number of ether oxygens (including phenoxy) is 2. The Morgan fingerprint density at radius 2 is 1.90 bits per heavy atom. The lowest BCUT2D eigenvalue weighted by Gasteiger charge is -2.26. The van der Waals surface area contributed by atoms with E-state index >= 15 is 0 Å². The molecule has 1 aromatic carbocycles. The number of aliphatic carboxylic acids is 1. The number of carboxylic acids is 1. The van der Waals surface area contributed by atoms with Gasteiger partial charge in [0.25, 0.3) is 0 Å². The van der Waals surface area contributed by atoms with Crippen LogP contribution in [0.4, 0.5) is 0 Å². The van der Waals surface area contributed by atoms with Crippen LogP contribution in [0.3, 0.4) is 0 Å². The minimum Gasteiger partial charge on any atom is -0.497 e. The molecule has 0 bridgehead atoms. The Balaban J connectivity index is 1.63. The van der Waals surface area contributed by atoms with Crippen LogP contribution >= 0.6 is 0 Å². The predicted octanol–water partition coefficient (Wildman–Crippen LogP) is 2.20. The summed E-state index contributed by atoms with van der Waals surface area (Å²) in [5, 5.41) is 12.9. The topological polar surface area (TPSA) is 67.8 Å². The molecule has 114 valence electrons. The highest BCUT2D eigenvalue weighted by molar-refractivity contribution is 5.79. The van der Waals surface area contributed by atoms with Crippen LogP contribution < -0.4 is 14.8 Å². The van der Waals surface area contributed by atoms with Crippen LogP contribution in [0.2, 0.25) is 0 Å². The van der Waals surface area contributed by atoms with Crippen molar-refractivity contribution in [1.29, 1.82) is 0 Å². The van der Waals surface area contributed by atoms with Crippen molar-refractivity contribution in [2.24, 2.45) is 0 Å². The number of hydrogen-bond acceptors (Lipinski definition) is 4. The second-order valence-corrected chi connectivity index (χ2v) is 5.96. The molecule has 0 heterocycles. The van der Waals surface area contributed by atoms with E-state index in [0.717, 1.165) is 30.8 Å². The number of nitrogens with one attached hydrogen (secondary N) is 1. The van der Waals surface area contributed by atoms with Crippen molar-refractivity contribution in [2.45, 2.75) is 49.8 Å². The van der Waals surface area contributed by atoms with Crippen LogP contribution in [0.5, 0.6) is 11.5 Å². The Bertz CT molecular complexity index is 512. The maximum atomic E-state index is 11.6. The van der Waals surface area contributed by atoms with Gasteiger partial charge in [-0.2, -0.15) is 0 Å². The van der Waals surface area contributed by atoms with E-state index in [1.54, 1.807) is 7.11 Å². The van der Waals surface area contributed by atoms with Crippen LogP contribution in [-0.2, 0) is 4.79 Å². The molecule has 2 saturated carbocycles. The van der Waals surface area contributed by atoms with Gasteiger partial charge in [-0.15, -0.1) is 0 Å². The summed E-state index contributed by atoms with van der Waals surface area (Å²) in [6.07, 6.45) is 4.02. The van der Waals surface area contributed by atoms with Crippen molar-refractivity contribution < 1.29 is 19.4 Å². The Kier molecular flexibility index (Phi) is 3.76. The molecule has 2 unspecified atom stereocenters. The van der Waals surface area contributed by atoms with Crippen molar-refractivity contribution in [2.75, 3.05) is 7.11 Å². The standard InChI is InChI=1S/C16H21NO4/c1-20-12-4-6-13(7-5-12)21-14-8-9-16(10-14,15(18)19)17-11-2-3-11/h4-7,11,14,17H,2-3,8-10H2,1H3,(H,18,19). The summed E-state index contributed by atoms with van der Waals surface area (Å²) in [5.41, 5.74) is -0.807. The van der Waals surface area contributed by atoms with E-state index in [1.165, 1.54) is 0 Å². The van der Waals surface area contributed by atoms with E-state index in [4.69, 9.17) is 9.47 Å². The minimum absolute atomic E-state index is 0.0549. The zero-order valence-electron chi connectivity index (χ0n) is 12.2. The van der Waals surface area contributed by atoms with Gasteiger partial charge in [-0.1, -0.05) is 0 Å². The first-order valence-corrected chi connectivity index (χ1v) is 7.43. The highest BCUT2D eigenvalue weighted by atomic mass is 16.5. The smallest absolute Gasteiger partial charge is 0.324 e. The van der Waals surface area contributed by atoms with Gasteiger partial charge in [0.15, 0.2) is 0 Å². The van der Waals surface area contributed by atoms with Gasteiger partial charge in [-0.3, -0.25) is 10.1 Å². The Morgan fingerprint density at radius 1 is 1.24 bits per heavy atom. The van der Waals surface area contributed by atoms with Crippen molar-refractivity contribution in [3.63, 3.8) is 0 Å². The van der Waals surface area contributed by atoms with Gasteiger partial charge in [0.2, 0.25) is 0 Å². The molecule has 2 fully saturated rings. The van der Waals surface area contributed by atoms with Gasteiger partial charge >= 0.3 is 5.97 Å². The van der Waals surface area contributed by atoms with E-state index in [1.807, 2.05) is 24.3 Å². The molecule has 1 aromatic rings. The number of carboxylic acid groups (broad SMARTS) is 1. The van der Waals surface area contributed by atoms with Crippen LogP contribution in [0.15, 0.2) is 24.3 Å². The van der Waals surface area contributed by atoms with Gasteiger partial charge in [-0.05, 0) is 49.9 Å². The Labute approximate surface area is 124 Å². The number of hydrogen-bond donors (Lipinski definition) is 2. The number of benzene rings is 1. The maximum absolute atomic E-state index is 11.6. The fourth-order valence-electron chi connectivity index (χ4n) is 2.95. The van der Waals surface area contributed by atoms with Crippen molar-refractivity contribution in [3.8, 4) is 11.5 Å². The molecule has 0 amide bonds. The predicted molar refractivity (Wildman–Crippen MR) is 77.8 cm³/mol. The Morgan fingerprint density at radius 3 is 2.48 bits per heavy atom. The summed E-state index contributed by atoms with van der Waals surface area (Å²) in [6, 6.07) is 7.77. The molecule has 2 aliphatic rings. The third-order valence-electron chi connectivity index (χ3n) is 4.30. The molecule has 5 heteroatoms. The molecule has 3 rings (SSSR count). The second kappa shape index (κ2) is 5.56. The monoisotopic (exact) mass is 291 g/mol. The normalized spacial score (nSPS) is 28.3. The van der Waals surface area contributed by atoms with Crippen LogP contribution in [0.25, 0.3) is 0 Å². The van der Waals surface area contributed by atoms with Crippen LogP contribution in [0.1, 0.15) is 32.1 Å². The average Bonchev–Trinajstić information content (AvgIpc) is 3.19. The van der Waals surface area contributed by atoms with Gasteiger partial charge < -0.3 is 14.6 Å². The van der Waals surface area contributed by atoms with Crippen molar-refractivity contribution >= 4 is 5.97 Å². The summed E-state index contributed by atoms with van der Waals surface area (Å²) < 4.78 is 11.0. The molecule has 2 N–H and O–H groups in total. The van der Waals surface area contributed by atoms with E-state index in [9.17, 15) is 9.90 Å². The number of carbonyl (C=O) groups is 1. The molecule has 5 nitrogen and oxygen atoms in total. The largest absolute Gasteiger partial charge is 0.497 e. The highest BCUT2D eigenvalue weighted by Gasteiger charge is 2.48. The number of methoxy groups -OCH3 is 1. The van der Waals surface area contributed by atoms with E-state index < -0.39 is 11.5 Å². The molecule has 0 radical (unpaired) electrons. The SMILES string of the molecule is COc1ccc(OC2CCC(NC3CC3)(C(=O)O)C2)cc1. The second-order valence-electron chi connectivity index (χ2n) is 5.96. The molecule has 2 atom stereocenters. The maximum Gasteiger partial charge on any atom is 0.324 e. The summed E-state index contributed by atoms with van der Waals surface area (Å²) in [4.78, 5) is 11.6. The first-order chi connectivity index (χ1) is 10.1. The fraction of sp³-hybridized carbons (Fsp3) is 0.562. The molecule has 0 spiro atoms. The third kappa shape index (κ3) is 3.13. The molecular formula is C16H21NO4. The van der Waals surface area contributed by atoms with E-state index in [0.29, 0.717) is 18.9 Å². The van der Waals surface area contributed by atoms with Gasteiger partial charge in [-0.25, -0.2) is 0 Å². The first-order valence-electron chi connectivity index (χ1n) is 7.43. The van der Waals surface area contributed by atoms with E-state index in [-0.39, 0.29) is 6.10 Å². The fourth-order valence-corrected chi connectivity index (χ4v) is 2.95.